The van der Waals surface area contributed by atoms with Crippen molar-refractivity contribution in [3.8, 4) is 17.2 Å². The molecule has 0 bridgehead atoms. The fourth-order valence-corrected chi connectivity index (χ4v) is 2.67. The molecule has 27 heavy (non-hydrogen) atoms. The molecule has 1 aliphatic heterocycles. The topological polar surface area (TPSA) is 44.8 Å². The summed E-state index contributed by atoms with van der Waals surface area (Å²) in [6.45, 7) is 6.31. The van der Waals surface area contributed by atoms with Gasteiger partial charge in [0.15, 0.2) is 17.3 Å². The highest BCUT2D eigenvalue weighted by Gasteiger charge is 2.12. The van der Waals surface area contributed by atoms with Crippen LogP contribution in [0.15, 0.2) is 48.5 Å². The first-order valence-electron chi connectivity index (χ1n) is 9.47. The highest BCUT2D eigenvalue weighted by Crippen LogP contribution is 2.30. The molecule has 0 saturated heterocycles. The van der Waals surface area contributed by atoms with Crippen LogP contribution in [-0.2, 0) is 0 Å². The lowest BCUT2D eigenvalue weighted by Gasteiger charge is -2.08. The van der Waals surface area contributed by atoms with Crippen molar-refractivity contribution in [2.45, 2.75) is 26.7 Å². The minimum absolute atomic E-state index is 0.0668. The van der Waals surface area contributed by atoms with Crippen LogP contribution >= 0.6 is 0 Å². The third-order valence-electron chi connectivity index (χ3n) is 4.30. The molecule has 0 spiro atoms. The highest BCUT2D eigenvalue weighted by atomic mass is 16.5. The number of rotatable bonds is 7. The van der Waals surface area contributed by atoms with Crippen LogP contribution in [0.5, 0.6) is 17.2 Å². The molecule has 0 amide bonds. The van der Waals surface area contributed by atoms with E-state index in [1.165, 1.54) is 0 Å². The van der Waals surface area contributed by atoms with Crippen LogP contribution < -0.4 is 14.2 Å². The van der Waals surface area contributed by atoms with Crippen molar-refractivity contribution in [2.24, 2.45) is 5.92 Å². The van der Waals surface area contributed by atoms with Gasteiger partial charge in [0, 0.05) is 12.0 Å². The van der Waals surface area contributed by atoms with Gasteiger partial charge >= 0.3 is 0 Å². The van der Waals surface area contributed by atoms with Crippen LogP contribution in [0.2, 0.25) is 0 Å². The van der Waals surface area contributed by atoms with Gasteiger partial charge in [-0.25, -0.2) is 0 Å². The summed E-state index contributed by atoms with van der Waals surface area (Å²) in [7, 11) is 0. The average Bonchev–Trinajstić information content (AvgIpc) is 2.91. The van der Waals surface area contributed by atoms with Gasteiger partial charge in [-0.3, -0.25) is 4.79 Å². The molecule has 4 nitrogen and oxygen atoms in total. The van der Waals surface area contributed by atoms with E-state index in [4.69, 9.17) is 14.2 Å². The lowest BCUT2D eigenvalue weighted by atomic mass is 10.1. The van der Waals surface area contributed by atoms with E-state index in [9.17, 15) is 4.79 Å². The van der Waals surface area contributed by atoms with Crippen LogP contribution in [0, 0.1) is 5.92 Å². The van der Waals surface area contributed by atoms with Crippen molar-refractivity contribution in [1.82, 2.24) is 0 Å². The van der Waals surface area contributed by atoms with Crippen molar-refractivity contribution in [1.29, 1.82) is 0 Å². The number of benzene rings is 2. The summed E-state index contributed by atoms with van der Waals surface area (Å²) in [5.74, 6) is 2.74. The van der Waals surface area contributed by atoms with Gasteiger partial charge in [0.25, 0.3) is 0 Å². The van der Waals surface area contributed by atoms with Gasteiger partial charge in [-0.15, -0.1) is 0 Å². The Morgan fingerprint density at radius 3 is 2.56 bits per heavy atom. The molecule has 2 aromatic carbocycles. The van der Waals surface area contributed by atoms with E-state index in [0.29, 0.717) is 36.2 Å². The fraction of sp³-hybridized carbons (Fsp3) is 0.348. The third-order valence-corrected chi connectivity index (χ3v) is 4.30. The maximum atomic E-state index is 12.5. The Bertz CT molecular complexity index is 791. The summed E-state index contributed by atoms with van der Waals surface area (Å²) >= 11 is 0. The number of ether oxygens (including phenoxy) is 3. The average molecular weight is 366 g/mol. The predicted molar refractivity (Wildman–Crippen MR) is 107 cm³/mol. The van der Waals surface area contributed by atoms with Crippen molar-refractivity contribution in [2.75, 3.05) is 19.8 Å². The smallest absolute Gasteiger partial charge is 0.185 e. The molecule has 0 saturated carbocycles. The Kier molecular flexibility index (Phi) is 6.53. The second kappa shape index (κ2) is 9.26. The maximum Gasteiger partial charge on any atom is 0.185 e. The monoisotopic (exact) mass is 366 g/mol. The Morgan fingerprint density at radius 1 is 1.07 bits per heavy atom. The van der Waals surface area contributed by atoms with Gasteiger partial charge in [0.2, 0.25) is 0 Å². The Hall–Kier alpha value is -2.75. The second-order valence-corrected chi connectivity index (χ2v) is 7.01. The molecule has 142 valence electrons. The van der Waals surface area contributed by atoms with Crippen LogP contribution in [0.4, 0.5) is 0 Å². The molecule has 0 aliphatic carbocycles. The molecule has 2 aromatic rings. The molecular weight excluding hydrogens is 340 g/mol. The van der Waals surface area contributed by atoms with Crippen LogP contribution in [-0.4, -0.2) is 25.6 Å². The molecule has 0 aromatic heterocycles. The van der Waals surface area contributed by atoms with Crippen LogP contribution in [0.25, 0.3) is 6.08 Å². The van der Waals surface area contributed by atoms with Crippen molar-refractivity contribution in [3.05, 3.63) is 59.7 Å². The van der Waals surface area contributed by atoms with E-state index in [1.54, 1.807) is 24.3 Å². The van der Waals surface area contributed by atoms with E-state index in [-0.39, 0.29) is 5.78 Å². The number of fused-ring (bicyclic) bond motifs is 1. The Balaban J connectivity index is 1.60. The first-order chi connectivity index (χ1) is 13.1. The van der Waals surface area contributed by atoms with Gasteiger partial charge in [-0.1, -0.05) is 32.1 Å². The summed E-state index contributed by atoms with van der Waals surface area (Å²) in [5, 5.41) is 0. The van der Waals surface area contributed by atoms with E-state index < -0.39 is 0 Å². The molecule has 0 N–H and O–H groups in total. The van der Waals surface area contributed by atoms with E-state index in [0.717, 1.165) is 30.8 Å². The van der Waals surface area contributed by atoms with E-state index in [2.05, 4.69) is 13.8 Å². The normalized spacial score (nSPS) is 13.6. The second-order valence-electron chi connectivity index (χ2n) is 7.01. The van der Waals surface area contributed by atoms with E-state index >= 15 is 0 Å². The fourth-order valence-electron chi connectivity index (χ4n) is 2.67. The van der Waals surface area contributed by atoms with Crippen LogP contribution in [0.3, 0.4) is 0 Å². The van der Waals surface area contributed by atoms with Crippen molar-refractivity contribution < 1.29 is 19.0 Å². The Labute approximate surface area is 160 Å². The van der Waals surface area contributed by atoms with Gasteiger partial charge in [-0.2, -0.15) is 0 Å². The standard InChI is InChI=1S/C23H26O4/c1-17(2)12-15-25-20-8-4-18(5-9-20)6-10-21(24)19-7-11-22-23(16-19)27-14-3-13-26-22/h4-11,16-17H,3,12-15H2,1-2H3. The summed E-state index contributed by atoms with van der Waals surface area (Å²) in [6, 6.07) is 13.1. The number of carbonyl (C=O) groups is 1. The zero-order valence-electron chi connectivity index (χ0n) is 15.9. The molecule has 0 fully saturated rings. The van der Waals surface area contributed by atoms with Crippen molar-refractivity contribution in [3.63, 3.8) is 0 Å². The lowest BCUT2D eigenvalue weighted by molar-refractivity contribution is 0.104. The summed E-state index contributed by atoms with van der Waals surface area (Å²) < 4.78 is 17.0. The van der Waals surface area contributed by atoms with Crippen molar-refractivity contribution >= 4 is 11.9 Å². The first-order valence-corrected chi connectivity index (χ1v) is 9.47. The summed E-state index contributed by atoms with van der Waals surface area (Å²) in [5.41, 5.74) is 1.54. The molecule has 4 heteroatoms. The minimum Gasteiger partial charge on any atom is -0.494 e. The molecule has 1 aliphatic rings. The first kappa shape index (κ1) is 19.0. The summed E-state index contributed by atoms with van der Waals surface area (Å²) in [4.78, 5) is 12.5. The SMILES string of the molecule is CC(C)CCOc1ccc(C=CC(=O)c2ccc3c(c2)OCCCO3)cc1. The summed E-state index contributed by atoms with van der Waals surface area (Å²) in [6.07, 6.45) is 5.26. The Morgan fingerprint density at radius 2 is 1.81 bits per heavy atom. The molecule has 1 heterocycles. The van der Waals surface area contributed by atoms with E-state index in [1.807, 2.05) is 30.3 Å². The zero-order valence-corrected chi connectivity index (χ0v) is 15.9. The van der Waals surface area contributed by atoms with Gasteiger partial charge in [0.05, 0.1) is 19.8 Å². The van der Waals surface area contributed by atoms with Gasteiger partial charge in [0.1, 0.15) is 5.75 Å². The van der Waals surface area contributed by atoms with Crippen LogP contribution in [0.1, 0.15) is 42.6 Å². The molecule has 0 radical (unpaired) electrons. The largest absolute Gasteiger partial charge is 0.494 e. The van der Waals surface area contributed by atoms with Gasteiger partial charge < -0.3 is 14.2 Å². The number of ketones is 1. The number of hydrogen-bond donors (Lipinski definition) is 0. The zero-order chi connectivity index (χ0) is 19.1. The molecule has 0 unspecified atom stereocenters. The number of allylic oxidation sites excluding steroid dienone is 1. The third kappa shape index (κ3) is 5.61. The number of carbonyl (C=O) groups excluding carboxylic acids is 1. The number of hydrogen-bond acceptors (Lipinski definition) is 4. The highest BCUT2D eigenvalue weighted by molar-refractivity contribution is 6.07. The minimum atomic E-state index is -0.0668. The quantitative estimate of drug-likeness (QED) is 0.501. The van der Waals surface area contributed by atoms with Gasteiger partial charge in [-0.05, 0) is 54.3 Å². The molecule has 3 rings (SSSR count). The predicted octanol–water partition coefficient (Wildman–Crippen LogP) is 5.17. The molecule has 0 atom stereocenters. The molecular formula is C23H26O4. The maximum absolute atomic E-state index is 12.5. The lowest BCUT2D eigenvalue weighted by Crippen LogP contribution is -2.01.